The first-order valence-electron chi connectivity index (χ1n) is 14.3. The van der Waals surface area contributed by atoms with Crippen LogP contribution in [0.25, 0.3) is 67.3 Å². The van der Waals surface area contributed by atoms with Gasteiger partial charge >= 0.3 is 0 Å². The quantitative estimate of drug-likeness (QED) is 0.186. The number of nitrogens with zero attached hydrogens (tertiary/aromatic N) is 2. The van der Waals surface area contributed by atoms with Crippen LogP contribution in [0.2, 0.25) is 0 Å². The van der Waals surface area contributed by atoms with Crippen LogP contribution in [0.15, 0.2) is 168 Å². The Morgan fingerprint density at radius 2 is 0.605 bits per heavy atom. The van der Waals surface area contributed by atoms with Gasteiger partial charge < -0.3 is 0 Å². The Bertz CT molecular complexity index is 1970. The Kier molecular flexibility index (Phi) is 7.47. The lowest BCUT2D eigenvalue weighted by molar-refractivity contribution is 1.18. The maximum Gasteiger partial charge on any atom is 0.160 e. The molecule has 0 saturated carbocycles. The average Bonchev–Trinajstić information content (AvgIpc) is 3.09. The van der Waals surface area contributed by atoms with Gasteiger partial charge in [-0.2, -0.15) is 0 Å². The number of aromatic nitrogens is 2. The van der Waals surface area contributed by atoms with Crippen molar-refractivity contribution in [2.75, 3.05) is 0 Å². The summed E-state index contributed by atoms with van der Waals surface area (Å²) in [4.78, 5) is 10.0. The van der Waals surface area contributed by atoms with Gasteiger partial charge in [0.05, 0.1) is 11.4 Å². The van der Waals surface area contributed by atoms with Gasteiger partial charge in [-0.25, -0.2) is 9.97 Å². The second kappa shape index (κ2) is 12.0. The lowest BCUT2D eigenvalue weighted by Gasteiger charge is -2.11. The molecule has 0 amide bonds. The normalized spacial score (nSPS) is 10.9. The molecule has 0 aliphatic carbocycles. The van der Waals surface area contributed by atoms with Gasteiger partial charge in [0.1, 0.15) is 0 Å². The van der Waals surface area contributed by atoms with E-state index in [9.17, 15) is 0 Å². The van der Waals surface area contributed by atoms with Gasteiger partial charge in [-0.3, -0.25) is 0 Å². The van der Waals surface area contributed by atoms with Crippen molar-refractivity contribution in [3.63, 3.8) is 0 Å². The first kappa shape index (κ1) is 26.8. The second-order valence-electron chi connectivity index (χ2n) is 10.4. The minimum Gasteiger partial charge on any atom is -0.228 e. The summed E-state index contributed by atoms with van der Waals surface area (Å²) in [6.45, 7) is 0. The maximum absolute atomic E-state index is 5.04. The predicted octanol–water partition coefficient (Wildman–Crippen LogP) is 11.2. The molecule has 1 heterocycles. The number of halogens is 1. The minimum absolute atomic E-state index is 0.712. The molecule has 2 nitrogen and oxygen atoms in total. The van der Waals surface area contributed by atoms with Crippen LogP contribution in [0.4, 0.5) is 0 Å². The fourth-order valence-electron chi connectivity index (χ4n) is 5.25. The summed E-state index contributed by atoms with van der Waals surface area (Å²) in [5.74, 6) is 0.712. The van der Waals surface area contributed by atoms with Crippen molar-refractivity contribution in [2.24, 2.45) is 0 Å². The standard InChI is InChI=1S/C40H27BrN2/c41-37-25-23-33(24-26-37)31-13-11-30(12-14-31)32-15-19-35(20-16-32)39-27-38(34-9-5-2-6-10-34)42-40(43-39)36-21-17-29(18-22-36)28-7-3-1-4-8-28/h1-27H. The smallest absolute Gasteiger partial charge is 0.160 e. The Labute approximate surface area is 260 Å². The third-order valence-electron chi connectivity index (χ3n) is 7.62. The van der Waals surface area contributed by atoms with E-state index in [1.165, 1.54) is 33.4 Å². The van der Waals surface area contributed by atoms with Crippen LogP contribution in [0.5, 0.6) is 0 Å². The van der Waals surface area contributed by atoms with Crippen molar-refractivity contribution in [3.8, 4) is 67.3 Å². The van der Waals surface area contributed by atoms with Crippen LogP contribution in [0.1, 0.15) is 0 Å². The zero-order valence-corrected chi connectivity index (χ0v) is 24.9. The topological polar surface area (TPSA) is 25.8 Å². The van der Waals surface area contributed by atoms with Crippen LogP contribution < -0.4 is 0 Å². The van der Waals surface area contributed by atoms with E-state index in [-0.39, 0.29) is 0 Å². The van der Waals surface area contributed by atoms with Gasteiger partial charge in [0.25, 0.3) is 0 Å². The molecule has 0 fully saturated rings. The van der Waals surface area contributed by atoms with Crippen LogP contribution >= 0.6 is 15.9 Å². The summed E-state index contributed by atoms with van der Waals surface area (Å²) in [7, 11) is 0. The third kappa shape index (κ3) is 5.94. The molecule has 6 aromatic carbocycles. The van der Waals surface area contributed by atoms with Crippen LogP contribution in [-0.4, -0.2) is 9.97 Å². The molecule has 0 N–H and O–H groups in total. The molecule has 43 heavy (non-hydrogen) atoms. The van der Waals surface area contributed by atoms with Crippen LogP contribution in [0.3, 0.4) is 0 Å². The molecular formula is C40H27BrN2. The van der Waals surface area contributed by atoms with E-state index in [1.807, 2.05) is 24.3 Å². The number of hydrogen-bond acceptors (Lipinski definition) is 2. The summed E-state index contributed by atoms with van der Waals surface area (Å²) in [5.41, 5.74) is 12.0. The zero-order valence-electron chi connectivity index (χ0n) is 23.4. The Morgan fingerprint density at radius 1 is 0.302 bits per heavy atom. The third-order valence-corrected chi connectivity index (χ3v) is 8.15. The summed E-state index contributed by atoms with van der Waals surface area (Å²) in [6.07, 6.45) is 0. The maximum atomic E-state index is 5.04. The molecule has 7 rings (SSSR count). The van der Waals surface area contributed by atoms with E-state index in [0.29, 0.717) is 5.82 Å². The fraction of sp³-hybridized carbons (Fsp3) is 0. The van der Waals surface area contributed by atoms with E-state index in [1.54, 1.807) is 0 Å². The first-order chi connectivity index (χ1) is 21.2. The van der Waals surface area contributed by atoms with Crippen molar-refractivity contribution in [3.05, 3.63) is 168 Å². The fourth-order valence-corrected chi connectivity index (χ4v) is 5.52. The van der Waals surface area contributed by atoms with E-state index in [4.69, 9.17) is 9.97 Å². The zero-order chi connectivity index (χ0) is 29.0. The Balaban J connectivity index is 1.21. The Hall–Kier alpha value is -5.12. The van der Waals surface area contributed by atoms with Crippen molar-refractivity contribution < 1.29 is 0 Å². The minimum atomic E-state index is 0.712. The summed E-state index contributed by atoms with van der Waals surface area (Å²) in [5, 5.41) is 0. The molecule has 0 bridgehead atoms. The van der Waals surface area contributed by atoms with E-state index < -0.39 is 0 Å². The number of hydrogen-bond donors (Lipinski definition) is 0. The molecule has 1 aromatic heterocycles. The molecule has 0 aliphatic rings. The second-order valence-corrected chi connectivity index (χ2v) is 11.3. The number of benzene rings is 6. The first-order valence-corrected chi connectivity index (χ1v) is 15.1. The van der Waals surface area contributed by atoms with Crippen molar-refractivity contribution in [1.29, 1.82) is 0 Å². The molecule has 0 aliphatic heterocycles. The molecule has 0 unspecified atom stereocenters. The molecule has 0 radical (unpaired) electrons. The molecule has 0 atom stereocenters. The molecule has 0 saturated heterocycles. The lowest BCUT2D eigenvalue weighted by Crippen LogP contribution is -1.96. The highest BCUT2D eigenvalue weighted by Gasteiger charge is 2.11. The van der Waals surface area contributed by atoms with Gasteiger partial charge in [0, 0.05) is 21.2 Å². The predicted molar refractivity (Wildman–Crippen MR) is 182 cm³/mol. The Morgan fingerprint density at radius 3 is 1.05 bits per heavy atom. The van der Waals surface area contributed by atoms with Crippen molar-refractivity contribution in [2.45, 2.75) is 0 Å². The van der Waals surface area contributed by atoms with Crippen LogP contribution in [-0.2, 0) is 0 Å². The number of rotatable bonds is 6. The summed E-state index contributed by atoms with van der Waals surface area (Å²) in [6, 6.07) is 57.1. The summed E-state index contributed by atoms with van der Waals surface area (Å²) < 4.78 is 1.08. The van der Waals surface area contributed by atoms with Gasteiger partial charge in [-0.1, -0.05) is 162 Å². The van der Waals surface area contributed by atoms with Crippen LogP contribution in [0, 0.1) is 0 Å². The van der Waals surface area contributed by atoms with Gasteiger partial charge in [0.15, 0.2) is 5.82 Å². The summed E-state index contributed by atoms with van der Waals surface area (Å²) >= 11 is 3.52. The van der Waals surface area contributed by atoms with Crippen molar-refractivity contribution >= 4 is 15.9 Å². The molecular weight excluding hydrogens is 588 g/mol. The van der Waals surface area contributed by atoms with Gasteiger partial charge in [0.2, 0.25) is 0 Å². The van der Waals surface area contributed by atoms with E-state index >= 15 is 0 Å². The highest BCUT2D eigenvalue weighted by Crippen LogP contribution is 2.31. The highest BCUT2D eigenvalue weighted by atomic mass is 79.9. The van der Waals surface area contributed by atoms with Crippen molar-refractivity contribution in [1.82, 2.24) is 9.97 Å². The largest absolute Gasteiger partial charge is 0.228 e. The molecule has 0 spiro atoms. The van der Waals surface area contributed by atoms with Gasteiger partial charge in [-0.15, -0.1) is 0 Å². The van der Waals surface area contributed by atoms with E-state index in [0.717, 1.165) is 32.6 Å². The average molecular weight is 616 g/mol. The van der Waals surface area contributed by atoms with E-state index in [2.05, 4.69) is 155 Å². The SMILES string of the molecule is Brc1ccc(-c2ccc(-c3ccc(-c4cc(-c5ccccc5)nc(-c5ccc(-c6ccccc6)cc5)n4)cc3)cc2)cc1. The molecule has 204 valence electrons. The van der Waals surface area contributed by atoms with Gasteiger partial charge in [-0.05, 0) is 51.6 Å². The molecule has 7 aromatic rings. The lowest BCUT2D eigenvalue weighted by atomic mass is 9.99. The molecule has 3 heteroatoms. The monoisotopic (exact) mass is 614 g/mol. The highest BCUT2D eigenvalue weighted by molar-refractivity contribution is 9.10.